The Balaban J connectivity index is 1.37. The number of nitrogens with zero attached hydrogens (tertiary/aromatic N) is 4. The van der Waals surface area contributed by atoms with Crippen LogP contribution in [0.25, 0.3) is 0 Å². The summed E-state index contributed by atoms with van der Waals surface area (Å²) in [6, 6.07) is 20.4. The van der Waals surface area contributed by atoms with E-state index in [0.29, 0.717) is 0 Å². The fourth-order valence-corrected chi connectivity index (χ4v) is 6.02. The zero-order valence-corrected chi connectivity index (χ0v) is 19.2. The topological polar surface area (TPSA) is 51.0 Å². The van der Waals surface area contributed by atoms with Gasteiger partial charge in [-0.1, -0.05) is 55.0 Å². The number of amides is 1. The third-order valence-corrected chi connectivity index (χ3v) is 7.81. The maximum absolute atomic E-state index is 13.8. The van der Waals surface area contributed by atoms with E-state index in [1.54, 1.807) is 11.8 Å². The van der Waals surface area contributed by atoms with E-state index in [-0.39, 0.29) is 17.1 Å². The molecule has 5 nitrogen and oxygen atoms in total. The van der Waals surface area contributed by atoms with E-state index < -0.39 is 0 Å². The molecule has 0 bridgehead atoms. The summed E-state index contributed by atoms with van der Waals surface area (Å²) in [7, 11) is 0. The summed E-state index contributed by atoms with van der Waals surface area (Å²) in [6.07, 6.45) is 6.75. The van der Waals surface area contributed by atoms with Crippen molar-refractivity contribution in [3.8, 4) is 0 Å². The standard InChI is InChI=1S/C26H30N4OS/c31-26(24(20-11-4-1-5-12-20)32-22-14-6-2-7-15-22)29-17-10-13-21(19-29)25-28-27-23-16-8-3-9-18-30(23)25/h1-2,4-7,11-12,14-15,21,24H,3,8-10,13,16-19H2/t21-,24+/m1/s1. The zero-order valence-electron chi connectivity index (χ0n) is 18.4. The van der Waals surface area contributed by atoms with Crippen molar-refractivity contribution >= 4 is 17.7 Å². The van der Waals surface area contributed by atoms with E-state index in [1.165, 1.54) is 19.3 Å². The van der Waals surface area contributed by atoms with Gasteiger partial charge in [-0.15, -0.1) is 22.0 Å². The molecule has 32 heavy (non-hydrogen) atoms. The number of fused-ring (bicyclic) bond motifs is 1. The number of rotatable bonds is 5. The SMILES string of the molecule is O=C([C@@H](Sc1ccccc1)c1ccccc1)N1CCC[C@@H](c2nnc3n2CCCCC3)C1. The van der Waals surface area contributed by atoms with Crippen molar-refractivity contribution in [3.63, 3.8) is 0 Å². The van der Waals surface area contributed by atoms with E-state index in [0.717, 1.165) is 61.0 Å². The van der Waals surface area contributed by atoms with Gasteiger partial charge in [-0.3, -0.25) is 4.79 Å². The smallest absolute Gasteiger partial charge is 0.240 e. The van der Waals surface area contributed by atoms with Crippen LogP contribution in [0.5, 0.6) is 0 Å². The van der Waals surface area contributed by atoms with Gasteiger partial charge in [-0.25, -0.2) is 0 Å². The lowest BCUT2D eigenvalue weighted by Crippen LogP contribution is -2.41. The van der Waals surface area contributed by atoms with Gasteiger partial charge in [0.2, 0.25) is 5.91 Å². The Morgan fingerprint density at radius 2 is 1.69 bits per heavy atom. The summed E-state index contributed by atoms with van der Waals surface area (Å²) in [6.45, 7) is 2.56. The molecular weight excluding hydrogens is 416 g/mol. The molecule has 0 saturated carbocycles. The molecule has 3 aromatic rings. The van der Waals surface area contributed by atoms with Crippen molar-refractivity contribution in [2.75, 3.05) is 13.1 Å². The zero-order chi connectivity index (χ0) is 21.8. The van der Waals surface area contributed by atoms with Crippen molar-refractivity contribution in [2.45, 2.75) is 61.1 Å². The Labute approximate surface area is 194 Å². The number of benzene rings is 2. The predicted molar refractivity (Wildman–Crippen MR) is 128 cm³/mol. The minimum atomic E-state index is -0.243. The fraction of sp³-hybridized carbons (Fsp3) is 0.423. The quantitative estimate of drug-likeness (QED) is 0.503. The van der Waals surface area contributed by atoms with Crippen LogP contribution in [0.15, 0.2) is 65.6 Å². The first-order chi connectivity index (χ1) is 15.8. The molecule has 6 heteroatoms. The van der Waals surface area contributed by atoms with Gasteiger partial charge in [-0.05, 0) is 43.4 Å². The fourth-order valence-electron chi connectivity index (χ4n) is 4.89. The lowest BCUT2D eigenvalue weighted by molar-refractivity contribution is -0.132. The molecule has 1 amide bonds. The normalized spacial score (nSPS) is 19.8. The second-order valence-electron chi connectivity index (χ2n) is 8.78. The molecule has 1 aromatic heterocycles. The summed E-state index contributed by atoms with van der Waals surface area (Å²) in [5.74, 6) is 2.68. The van der Waals surface area contributed by atoms with Gasteiger partial charge in [0.25, 0.3) is 0 Å². The van der Waals surface area contributed by atoms with E-state index >= 15 is 0 Å². The average molecular weight is 447 g/mol. The molecule has 1 fully saturated rings. The molecular formula is C26H30N4OS. The van der Waals surface area contributed by atoms with Crippen molar-refractivity contribution in [1.29, 1.82) is 0 Å². The molecule has 0 unspecified atom stereocenters. The van der Waals surface area contributed by atoms with Gasteiger partial charge in [0.15, 0.2) is 0 Å². The highest BCUT2D eigenvalue weighted by molar-refractivity contribution is 8.00. The summed E-state index contributed by atoms with van der Waals surface area (Å²) in [4.78, 5) is 17.0. The minimum Gasteiger partial charge on any atom is -0.341 e. The molecule has 5 rings (SSSR count). The highest BCUT2D eigenvalue weighted by atomic mass is 32.2. The molecule has 0 N–H and O–H groups in total. The first kappa shape index (κ1) is 21.3. The lowest BCUT2D eigenvalue weighted by atomic mass is 9.96. The third kappa shape index (κ3) is 4.60. The van der Waals surface area contributed by atoms with Gasteiger partial charge in [-0.2, -0.15) is 0 Å². The summed E-state index contributed by atoms with van der Waals surface area (Å²) >= 11 is 1.64. The van der Waals surface area contributed by atoms with Crippen LogP contribution in [0.3, 0.4) is 0 Å². The van der Waals surface area contributed by atoms with E-state index in [4.69, 9.17) is 0 Å². The van der Waals surface area contributed by atoms with Crippen LogP contribution in [0.2, 0.25) is 0 Å². The molecule has 2 aliphatic rings. The van der Waals surface area contributed by atoms with E-state index in [9.17, 15) is 4.79 Å². The Hall–Kier alpha value is -2.60. The average Bonchev–Trinajstić information content (AvgIpc) is 3.11. The van der Waals surface area contributed by atoms with Gasteiger partial charge >= 0.3 is 0 Å². The summed E-state index contributed by atoms with van der Waals surface area (Å²) in [5.41, 5.74) is 1.06. The van der Waals surface area contributed by atoms with Crippen LogP contribution >= 0.6 is 11.8 Å². The van der Waals surface area contributed by atoms with Crippen LogP contribution in [0.4, 0.5) is 0 Å². The van der Waals surface area contributed by atoms with Crippen LogP contribution in [-0.4, -0.2) is 38.7 Å². The van der Waals surface area contributed by atoms with Crippen LogP contribution in [-0.2, 0) is 17.8 Å². The summed E-state index contributed by atoms with van der Waals surface area (Å²) in [5, 5.41) is 8.86. The molecule has 0 spiro atoms. The molecule has 3 heterocycles. The molecule has 0 aliphatic carbocycles. The number of aromatic nitrogens is 3. The van der Waals surface area contributed by atoms with Gasteiger partial charge in [0.1, 0.15) is 16.9 Å². The van der Waals surface area contributed by atoms with Gasteiger partial charge in [0, 0.05) is 36.9 Å². The van der Waals surface area contributed by atoms with Gasteiger partial charge < -0.3 is 9.47 Å². The van der Waals surface area contributed by atoms with Gasteiger partial charge in [0.05, 0.1) is 0 Å². The number of likely N-dealkylation sites (tertiary alicyclic amines) is 1. The molecule has 2 aliphatic heterocycles. The van der Waals surface area contributed by atoms with E-state index in [2.05, 4.69) is 43.9 Å². The first-order valence-electron chi connectivity index (χ1n) is 11.8. The number of aryl methyl sites for hydroxylation is 1. The number of thioether (sulfide) groups is 1. The lowest BCUT2D eigenvalue weighted by Gasteiger charge is -2.34. The van der Waals surface area contributed by atoms with Crippen molar-refractivity contribution in [3.05, 3.63) is 77.9 Å². The Kier molecular flexibility index (Phi) is 6.58. The Morgan fingerprint density at radius 3 is 2.50 bits per heavy atom. The third-order valence-electron chi connectivity index (χ3n) is 6.56. The van der Waals surface area contributed by atoms with Crippen LogP contribution in [0, 0.1) is 0 Å². The van der Waals surface area contributed by atoms with Crippen LogP contribution < -0.4 is 0 Å². The largest absolute Gasteiger partial charge is 0.341 e. The maximum atomic E-state index is 13.8. The van der Waals surface area contributed by atoms with Crippen molar-refractivity contribution < 1.29 is 4.79 Å². The second kappa shape index (κ2) is 9.90. The predicted octanol–water partition coefficient (Wildman–Crippen LogP) is 5.24. The Morgan fingerprint density at radius 1 is 0.906 bits per heavy atom. The number of carbonyl (C=O) groups is 1. The molecule has 166 valence electrons. The number of hydrogen-bond donors (Lipinski definition) is 0. The second-order valence-corrected chi connectivity index (χ2v) is 9.96. The molecule has 2 aromatic carbocycles. The van der Waals surface area contributed by atoms with E-state index in [1.807, 2.05) is 36.4 Å². The molecule has 0 radical (unpaired) electrons. The number of hydrogen-bond acceptors (Lipinski definition) is 4. The number of carbonyl (C=O) groups excluding carboxylic acids is 1. The Bertz CT molecular complexity index is 1040. The molecule has 1 saturated heterocycles. The molecule has 2 atom stereocenters. The number of piperidine rings is 1. The first-order valence-corrected chi connectivity index (χ1v) is 12.6. The summed E-state index contributed by atoms with van der Waals surface area (Å²) < 4.78 is 2.35. The monoisotopic (exact) mass is 446 g/mol. The minimum absolute atomic E-state index is 0.199. The van der Waals surface area contributed by atoms with Crippen LogP contribution in [0.1, 0.15) is 60.5 Å². The highest BCUT2D eigenvalue weighted by Crippen LogP contribution is 2.38. The maximum Gasteiger partial charge on any atom is 0.240 e. The van der Waals surface area contributed by atoms with Crippen molar-refractivity contribution in [1.82, 2.24) is 19.7 Å². The highest BCUT2D eigenvalue weighted by Gasteiger charge is 2.33. The van der Waals surface area contributed by atoms with Crippen molar-refractivity contribution in [2.24, 2.45) is 0 Å².